The van der Waals surface area contributed by atoms with Crippen molar-refractivity contribution < 1.29 is 38.0 Å². The van der Waals surface area contributed by atoms with Crippen molar-refractivity contribution in [1.82, 2.24) is 5.43 Å². The number of halogens is 1. The smallest absolute Gasteiger partial charge is 0.343 e. The Labute approximate surface area is 237 Å². The second kappa shape index (κ2) is 14.1. The van der Waals surface area contributed by atoms with Crippen molar-refractivity contribution >= 4 is 29.7 Å². The predicted molar refractivity (Wildman–Crippen MR) is 151 cm³/mol. The highest BCUT2D eigenvalue weighted by Crippen LogP contribution is 2.39. The van der Waals surface area contributed by atoms with Crippen molar-refractivity contribution in [1.29, 1.82) is 0 Å². The summed E-state index contributed by atoms with van der Waals surface area (Å²) in [6, 6.07) is 13.0. The molecule has 11 heteroatoms. The van der Waals surface area contributed by atoms with Crippen molar-refractivity contribution in [3.8, 4) is 34.5 Å². The monoisotopic (exact) mass is 570 g/mol. The molecule has 1 N–H and O–H groups in total. The van der Waals surface area contributed by atoms with Crippen LogP contribution < -0.4 is 33.8 Å². The summed E-state index contributed by atoms with van der Waals surface area (Å²) in [7, 11) is 4.38. The quantitative estimate of drug-likeness (QED) is 0.137. The molecule has 1 amide bonds. The van der Waals surface area contributed by atoms with Gasteiger partial charge in [0.1, 0.15) is 5.75 Å². The number of esters is 1. The summed E-state index contributed by atoms with van der Waals surface area (Å²) in [6.07, 6.45) is 0.638. The van der Waals surface area contributed by atoms with Gasteiger partial charge in [-0.05, 0) is 80.4 Å². The third-order valence-electron chi connectivity index (χ3n) is 5.57. The highest BCUT2D eigenvalue weighted by Gasteiger charge is 2.20. The Morgan fingerprint density at radius 3 is 2.20 bits per heavy atom. The Morgan fingerprint density at radius 2 is 1.60 bits per heavy atom. The predicted octanol–water partition coefficient (Wildman–Crippen LogP) is 5.21. The Morgan fingerprint density at radius 1 is 0.925 bits per heavy atom. The van der Waals surface area contributed by atoms with Crippen LogP contribution in [0.2, 0.25) is 5.02 Å². The first kappa shape index (κ1) is 30.1. The first-order valence-electron chi connectivity index (χ1n) is 12.2. The maximum atomic E-state index is 12.9. The standard InChI is InChI=1S/C29H31ClN2O8/c1-7-38-24-13-19(16-31-32-28(33)18(3)39-22-11-9-21(30)12-17(22)2)8-10-23(24)40-29(34)20-14-25(35-4)27(37-6)26(15-20)36-5/h8-16,18H,7H2,1-6H3,(H,32,33)/b31-16+. The van der Waals surface area contributed by atoms with E-state index in [1.807, 2.05) is 6.92 Å². The van der Waals surface area contributed by atoms with E-state index in [1.54, 1.807) is 50.2 Å². The molecule has 0 heterocycles. The van der Waals surface area contributed by atoms with Gasteiger partial charge in [0, 0.05) is 5.02 Å². The van der Waals surface area contributed by atoms with Crippen molar-refractivity contribution in [3.05, 3.63) is 70.2 Å². The molecule has 3 aromatic carbocycles. The largest absolute Gasteiger partial charge is 0.493 e. The lowest BCUT2D eigenvalue weighted by atomic mass is 10.1. The molecular weight excluding hydrogens is 540 g/mol. The van der Waals surface area contributed by atoms with E-state index in [2.05, 4.69) is 10.5 Å². The van der Waals surface area contributed by atoms with E-state index in [1.165, 1.54) is 39.7 Å². The number of aryl methyl sites for hydroxylation is 1. The number of benzene rings is 3. The molecule has 40 heavy (non-hydrogen) atoms. The number of hydrogen-bond acceptors (Lipinski definition) is 9. The van der Waals surface area contributed by atoms with Gasteiger partial charge in [-0.2, -0.15) is 5.10 Å². The molecule has 1 atom stereocenters. The van der Waals surface area contributed by atoms with Crippen molar-refractivity contribution in [2.75, 3.05) is 27.9 Å². The van der Waals surface area contributed by atoms with Gasteiger partial charge in [-0.15, -0.1) is 0 Å². The molecule has 3 aromatic rings. The van der Waals surface area contributed by atoms with Crippen LogP contribution in [-0.4, -0.2) is 52.1 Å². The van der Waals surface area contributed by atoms with E-state index in [4.69, 9.17) is 40.0 Å². The second-order valence-electron chi connectivity index (χ2n) is 8.35. The molecule has 0 bridgehead atoms. The molecule has 0 saturated carbocycles. The topological polar surface area (TPSA) is 114 Å². The summed E-state index contributed by atoms with van der Waals surface area (Å²) >= 11 is 5.97. The number of carbonyl (C=O) groups is 2. The van der Waals surface area contributed by atoms with Crippen molar-refractivity contribution in [2.45, 2.75) is 26.9 Å². The molecule has 10 nitrogen and oxygen atoms in total. The minimum absolute atomic E-state index is 0.190. The maximum Gasteiger partial charge on any atom is 0.343 e. The zero-order chi connectivity index (χ0) is 29.2. The van der Waals surface area contributed by atoms with E-state index >= 15 is 0 Å². The molecule has 0 saturated heterocycles. The van der Waals surface area contributed by atoms with Gasteiger partial charge in [-0.25, -0.2) is 10.2 Å². The van der Waals surface area contributed by atoms with Gasteiger partial charge >= 0.3 is 5.97 Å². The summed E-state index contributed by atoms with van der Waals surface area (Å²) in [5.74, 6) is 0.953. The minimum Gasteiger partial charge on any atom is -0.493 e. The molecule has 3 rings (SSSR count). The number of methoxy groups -OCH3 is 3. The zero-order valence-corrected chi connectivity index (χ0v) is 23.8. The number of carbonyl (C=O) groups excluding carboxylic acids is 2. The first-order chi connectivity index (χ1) is 19.2. The van der Waals surface area contributed by atoms with Crippen molar-refractivity contribution in [3.63, 3.8) is 0 Å². The number of amides is 1. The molecule has 0 aliphatic rings. The highest BCUT2D eigenvalue weighted by molar-refractivity contribution is 6.30. The molecule has 0 fully saturated rings. The van der Waals surface area contributed by atoms with Crippen LogP contribution in [0.1, 0.15) is 35.3 Å². The van der Waals surface area contributed by atoms with Gasteiger partial charge in [0.25, 0.3) is 5.91 Å². The Bertz CT molecular complexity index is 1370. The Hall–Kier alpha value is -4.44. The van der Waals surface area contributed by atoms with E-state index in [0.29, 0.717) is 45.9 Å². The van der Waals surface area contributed by atoms with Gasteiger partial charge < -0.3 is 28.4 Å². The van der Waals surface area contributed by atoms with Crippen LogP contribution in [-0.2, 0) is 4.79 Å². The van der Waals surface area contributed by atoms with Crippen LogP contribution in [0.5, 0.6) is 34.5 Å². The van der Waals surface area contributed by atoms with Gasteiger partial charge in [-0.1, -0.05) is 11.6 Å². The molecule has 0 aliphatic carbocycles. The third-order valence-corrected chi connectivity index (χ3v) is 5.80. The number of hydrogen-bond donors (Lipinski definition) is 1. The number of ether oxygens (including phenoxy) is 6. The van der Waals surface area contributed by atoms with E-state index in [-0.39, 0.29) is 11.3 Å². The van der Waals surface area contributed by atoms with Gasteiger partial charge in [0.15, 0.2) is 29.1 Å². The number of hydrazone groups is 1. The van der Waals surface area contributed by atoms with Crippen LogP contribution in [0, 0.1) is 6.92 Å². The van der Waals surface area contributed by atoms with E-state index in [9.17, 15) is 9.59 Å². The van der Waals surface area contributed by atoms with E-state index < -0.39 is 18.0 Å². The van der Waals surface area contributed by atoms with Crippen LogP contribution in [0.3, 0.4) is 0 Å². The molecule has 0 aliphatic heterocycles. The summed E-state index contributed by atoms with van der Waals surface area (Å²) in [4.78, 5) is 25.4. The average Bonchev–Trinajstić information content (AvgIpc) is 2.94. The normalized spacial score (nSPS) is 11.5. The Balaban J connectivity index is 1.70. The lowest BCUT2D eigenvalue weighted by molar-refractivity contribution is -0.127. The maximum absolute atomic E-state index is 12.9. The van der Waals surface area contributed by atoms with Gasteiger partial charge in [0.05, 0.1) is 39.7 Å². The fourth-order valence-corrected chi connectivity index (χ4v) is 3.79. The fourth-order valence-electron chi connectivity index (χ4n) is 3.57. The second-order valence-corrected chi connectivity index (χ2v) is 8.78. The molecule has 0 radical (unpaired) electrons. The zero-order valence-electron chi connectivity index (χ0n) is 23.1. The number of rotatable bonds is 12. The summed E-state index contributed by atoms with van der Waals surface area (Å²) < 4.78 is 32.9. The number of nitrogens with zero attached hydrogens (tertiary/aromatic N) is 1. The fraction of sp³-hybridized carbons (Fsp3) is 0.276. The summed E-state index contributed by atoms with van der Waals surface area (Å²) in [6.45, 7) is 5.58. The first-order valence-corrected chi connectivity index (χ1v) is 12.6. The van der Waals surface area contributed by atoms with Gasteiger partial charge in [-0.3, -0.25) is 4.79 Å². The third kappa shape index (κ3) is 7.57. The Kier molecular flexibility index (Phi) is 10.6. The lowest BCUT2D eigenvalue weighted by Gasteiger charge is -2.15. The van der Waals surface area contributed by atoms with Crippen LogP contribution >= 0.6 is 11.6 Å². The van der Waals surface area contributed by atoms with Gasteiger partial charge in [0.2, 0.25) is 5.75 Å². The summed E-state index contributed by atoms with van der Waals surface area (Å²) in [5.41, 5.74) is 4.05. The van der Waals surface area contributed by atoms with Crippen LogP contribution in [0.4, 0.5) is 0 Å². The minimum atomic E-state index is -0.798. The van der Waals surface area contributed by atoms with E-state index in [0.717, 1.165) is 5.56 Å². The molecule has 1 unspecified atom stereocenters. The molecule has 0 spiro atoms. The molecule has 212 valence electrons. The van der Waals surface area contributed by atoms with Crippen molar-refractivity contribution in [2.24, 2.45) is 5.10 Å². The average molecular weight is 571 g/mol. The summed E-state index contributed by atoms with van der Waals surface area (Å²) in [5, 5.41) is 4.59. The molecule has 0 aromatic heterocycles. The lowest BCUT2D eigenvalue weighted by Crippen LogP contribution is -2.33. The molecular formula is C29H31ClN2O8. The number of nitrogens with one attached hydrogen (secondary N) is 1. The highest BCUT2D eigenvalue weighted by atomic mass is 35.5. The SMILES string of the molecule is CCOc1cc(/C=N/NC(=O)C(C)Oc2ccc(Cl)cc2C)ccc1OC(=O)c1cc(OC)c(OC)c(OC)c1. The van der Waals surface area contributed by atoms with Crippen LogP contribution in [0.25, 0.3) is 0 Å². The van der Waals surface area contributed by atoms with Crippen LogP contribution in [0.15, 0.2) is 53.6 Å².